The summed E-state index contributed by atoms with van der Waals surface area (Å²) in [6.45, 7) is 9.23. The number of hydrogen-bond donors (Lipinski definition) is 1. The van der Waals surface area contributed by atoms with Crippen molar-refractivity contribution in [1.29, 1.82) is 0 Å². The van der Waals surface area contributed by atoms with E-state index in [0.717, 1.165) is 44.8 Å². The van der Waals surface area contributed by atoms with E-state index in [4.69, 9.17) is 0 Å². The third-order valence-corrected chi connectivity index (χ3v) is 5.24. The molecule has 120 valence electrons. The molecule has 2 aliphatic carbocycles. The molecule has 0 aromatic rings. The topological polar surface area (TPSA) is 46.2 Å². The third-order valence-electron chi connectivity index (χ3n) is 5.24. The summed E-state index contributed by atoms with van der Waals surface area (Å²) in [5.41, 5.74) is 0.601. The van der Waals surface area contributed by atoms with E-state index in [1.807, 2.05) is 0 Å². The van der Waals surface area contributed by atoms with Crippen molar-refractivity contribution in [3.8, 4) is 0 Å². The zero-order valence-electron chi connectivity index (χ0n) is 14.1. The molecular formula is C18H31NO2. The van der Waals surface area contributed by atoms with Crippen molar-refractivity contribution in [2.75, 3.05) is 0 Å². The number of rotatable bonds is 3. The van der Waals surface area contributed by atoms with Crippen molar-refractivity contribution < 1.29 is 9.59 Å². The fourth-order valence-corrected chi connectivity index (χ4v) is 4.78. The van der Waals surface area contributed by atoms with Crippen molar-refractivity contribution in [3.63, 3.8) is 0 Å². The summed E-state index contributed by atoms with van der Waals surface area (Å²) in [4.78, 5) is 23.3. The van der Waals surface area contributed by atoms with Gasteiger partial charge in [0, 0.05) is 17.9 Å². The largest absolute Gasteiger partial charge is 0.353 e. The Labute approximate surface area is 129 Å². The summed E-state index contributed by atoms with van der Waals surface area (Å²) >= 11 is 0. The van der Waals surface area contributed by atoms with Crippen LogP contribution in [0.5, 0.6) is 0 Å². The smallest absolute Gasteiger partial charge is 0.223 e. The molecule has 2 saturated carbocycles. The Hall–Kier alpha value is -0.860. The zero-order chi connectivity index (χ0) is 15.7. The first-order valence-electron chi connectivity index (χ1n) is 8.46. The Balaban J connectivity index is 1.89. The maximum absolute atomic E-state index is 12.5. The number of carbonyl (C=O) groups is 2. The lowest BCUT2D eigenvalue weighted by molar-refractivity contribution is -0.128. The van der Waals surface area contributed by atoms with Crippen LogP contribution in [0.3, 0.4) is 0 Å². The molecule has 3 heteroatoms. The second-order valence-electron chi connectivity index (χ2n) is 8.87. The Bertz CT molecular complexity index is 376. The SMILES string of the molecule is CC1(C)CC(NC(=O)C2CCC(C=O)CC2)CC(C)(C)C1. The molecule has 0 spiro atoms. The average molecular weight is 293 g/mol. The van der Waals surface area contributed by atoms with Gasteiger partial charge in [0.1, 0.15) is 6.29 Å². The molecule has 0 saturated heterocycles. The van der Waals surface area contributed by atoms with Gasteiger partial charge in [-0.2, -0.15) is 0 Å². The highest BCUT2D eigenvalue weighted by molar-refractivity contribution is 5.79. The molecule has 0 unspecified atom stereocenters. The van der Waals surface area contributed by atoms with E-state index in [0.29, 0.717) is 16.9 Å². The number of nitrogens with one attached hydrogen (secondary N) is 1. The van der Waals surface area contributed by atoms with Gasteiger partial charge in [0.25, 0.3) is 0 Å². The van der Waals surface area contributed by atoms with Gasteiger partial charge in [-0.25, -0.2) is 0 Å². The number of carbonyl (C=O) groups excluding carboxylic acids is 2. The van der Waals surface area contributed by atoms with Crippen LogP contribution in [-0.4, -0.2) is 18.2 Å². The quantitative estimate of drug-likeness (QED) is 0.806. The first-order valence-corrected chi connectivity index (χ1v) is 8.46. The van der Waals surface area contributed by atoms with Crippen LogP contribution in [0, 0.1) is 22.7 Å². The zero-order valence-corrected chi connectivity index (χ0v) is 14.1. The first kappa shape index (κ1) is 16.5. The molecule has 0 aromatic carbocycles. The fraction of sp³-hybridized carbons (Fsp3) is 0.889. The lowest BCUT2D eigenvalue weighted by Gasteiger charge is -2.45. The highest BCUT2D eigenvalue weighted by Gasteiger charge is 2.39. The van der Waals surface area contributed by atoms with Gasteiger partial charge in [0.2, 0.25) is 5.91 Å². The Morgan fingerprint density at radius 2 is 1.52 bits per heavy atom. The summed E-state index contributed by atoms with van der Waals surface area (Å²) < 4.78 is 0. The van der Waals surface area contributed by atoms with Gasteiger partial charge in [-0.1, -0.05) is 27.7 Å². The first-order chi connectivity index (χ1) is 9.71. The van der Waals surface area contributed by atoms with Crippen molar-refractivity contribution in [3.05, 3.63) is 0 Å². The number of hydrogen-bond acceptors (Lipinski definition) is 2. The van der Waals surface area contributed by atoms with Crippen LogP contribution < -0.4 is 5.32 Å². The van der Waals surface area contributed by atoms with E-state index in [9.17, 15) is 9.59 Å². The summed E-state index contributed by atoms with van der Waals surface area (Å²) in [5.74, 6) is 0.522. The van der Waals surface area contributed by atoms with E-state index in [1.54, 1.807) is 0 Å². The van der Waals surface area contributed by atoms with Gasteiger partial charge < -0.3 is 10.1 Å². The van der Waals surface area contributed by atoms with Crippen LogP contribution in [-0.2, 0) is 9.59 Å². The molecular weight excluding hydrogens is 262 g/mol. The predicted molar refractivity (Wildman–Crippen MR) is 84.9 cm³/mol. The van der Waals surface area contributed by atoms with Crippen molar-refractivity contribution in [2.24, 2.45) is 22.7 Å². The van der Waals surface area contributed by atoms with Crippen LogP contribution in [0.4, 0.5) is 0 Å². The molecule has 0 heterocycles. The minimum Gasteiger partial charge on any atom is -0.353 e. The minimum atomic E-state index is 0.120. The molecule has 0 aliphatic heterocycles. The van der Waals surface area contributed by atoms with Gasteiger partial charge in [-0.3, -0.25) is 4.79 Å². The molecule has 2 rings (SSSR count). The van der Waals surface area contributed by atoms with Crippen molar-refractivity contribution in [2.45, 2.75) is 78.7 Å². The van der Waals surface area contributed by atoms with Crippen LogP contribution in [0.15, 0.2) is 0 Å². The van der Waals surface area contributed by atoms with Gasteiger partial charge in [0.05, 0.1) is 0 Å². The van der Waals surface area contributed by atoms with E-state index in [-0.39, 0.29) is 17.7 Å². The van der Waals surface area contributed by atoms with Crippen LogP contribution >= 0.6 is 0 Å². The van der Waals surface area contributed by atoms with Crippen LogP contribution in [0.2, 0.25) is 0 Å². The summed E-state index contributed by atoms with van der Waals surface area (Å²) in [6.07, 6.45) is 7.92. The van der Waals surface area contributed by atoms with Crippen molar-refractivity contribution in [1.82, 2.24) is 5.32 Å². The van der Waals surface area contributed by atoms with Gasteiger partial charge in [-0.05, 0) is 55.8 Å². The minimum absolute atomic E-state index is 0.120. The molecule has 3 nitrogen and oxygen atoms in total. The van der Waals surface area contributed by atoms with Crippen LogP contribution in [0.1, 0.15) is 72.6 Å². The lowest BCUT2D eigenvalue weighted by atomic mass is 9.63. The third kappa shape index (κ3) is 4.55. The van der Waals surface area contributed by atoms with Crippen molar-refractivity contribution >= 4 is 12.2 Å². The standard InChI is InChI=1S/C18H31NO2/c1-17(2)9-15(10-18(3,4)12-17)19-16(21)14-7-5-13(11-20)6-8-14/h11,13-15H,5-10,12H2,1-4H3,(H,19,21). The molecule has 0 bridgehead atoms. The van der Waals surface area contributed by atoms with Crippen LogP contribution in [0.25, 0.3) is 0 Å². The summed E-state index contributed by atoms with van der Waals surface area (Å²) in [7, 11) is 0. The Morgan fingerprint density at radius 3 is 2.00 bits per heavy atom. The highest BCUT2D eigenvalue weighted by atomic mass is 16.2. The molecule has 1 N–H and O–H groups in total. The second kappa shape index (κ2) is 6.10. The summed E-state index contributed by atoms with van der Waals surface area (Å²) in [5, 5.41) is 3.31. The maximum atomic E-state index is 12.5. The molecule has 2 aliphatic rings. The highest BCUT2D eigenvalue weighted by Crippen LogP contribution is 2.45. The second-order valence-corrected chi connectivity index (χ2v) is 8.87. The molecule has 1 amide bonds. The average Bonchev–Trinajstić information content (AvgIpc) is 2.35. The predicted octanol–water partition coefficient (Wildman–Crippen LogP) is 3.71. The monoisotopic (exact) mass is 293 g/mol. The maximum Gasteiger partial charge on any atom is 0.223 e. The Morgan fingerprint density at radius 1 is 1.00 bits per heavy atom. The van der Waals surface area contributed by atoms with E-state index in [1.165, 1.54) is 6.42 Å². The van der Waals surface area contributed by atoms with Gasteiger partial charge >= 0.3 is 0 Å². The van der Waals surface area contributed by atoms with Gasteiger partial charge in [0.15, 0.2) is 0 Å². The van der Waals surface area contributed by atoms with Gasteiger partial charge in [-0.15, -0.1) is 0 Å². The Kier molecular flexibility index (Phi) is 4.79. The molecule has 21 heavy (non-hydrogen) atoms. The molecule has 0 atom stereocenters. The normalized spacial score (nSPS) is 32.4. The molecule has 2 fully saturated rings. The van der Waals surface area contributed by atoms with E-state index in [2.05, 4.69) is 33.0 Å². The van der Waals surface area contributed by atoms with E-state index < -0.39 is 0 Å². The van der Waals surface area contributed by atoms with E-state index >= 15 is 0 Å². The number of aldehydes is 1. The number of amides is 1. The molecule has 0 aromatic heterocycles. The lowest BCUT2D eigenvalue weighted by Crippen LogP contribution is -2.48. The fourth-order valence-electron chi connectivity index (χ4n) is 4.78. The summed E-state index contributed by atoms with van der Waals surface area (Å²) in [6, 6.07) is 0.306. The molecule has 0 radical (unpaired) electrons.